The SMILES string of the molecule is CC(C)(C)C#C/C=C/C(C)(O)C#C[C@]1(C)O[C@H]1COCc1ccccc1. The van der Waals surface area contributed by atoms with Crippen molar-refractivity contribution in [2.45, 2.75) is 58.5 Å². The lowest BCUT2D eigenvalue weighted by atomic mass is 9.98. The van der Waals surface area contributed by atoms with E-state index in [2.05, 4.69) is 23.7 Å². The van der Waals surface area contributed by atoms with E-state index in [1.807, 2.05) is 58.0 Å². The molecule has 0 aromatic heterocycles. The highest BCUT2D eigenvalue weighted by Crippen LogP contribution is 2.35. The van der Waals surface area contributed by atoms with E-state index < -0.39 is 11.2 Å². The highest BCUT2D eigenvalue weighted by Gasteiger charge is 2.51. The fourth-order valence-electron chi connectivity index (χ4n) is 2.18. The molecule has 3 heteroatoms. The highest BCUT2D eigenvalue weighted by molar-refractivity contribution is 5.32. The van der Waals surface area contributed by atoms with Crippen LogP contribution in [0, 0.1) is 29.1 Å². The summed E-state index contributed by atoms with van der Waals surface area (Å²) in [5.74, 6) is 11.9. The number of allylic oxidation sites excluding steroid dienone is 1. The van der Waals surface area contributed by atoms with Crippen molar-refractivity contribution < 1.29 is 14.6 Å². The molecule has 1 aliphatic rings. The zero-order valence-electron chi connectivity index (χ0n) is 16.3. The fraction of sp³-hybridized carbons (Fsp3) is 0.478. The van der Waals surface area contributed by atoms with Gasteiger partial charge in [0, 0.05) is 5.41 Å². The van der Waals surface area contributed by atoms with Crippen LogP contribution in [0.5, 0.6) is 0 Å². The summed E-state index contributed by atoms with van der Waals surface area (Å²) < 4.78 is 11.3. The summed E-state index contributed by atoms with van der Waals surface area (Å²) in [6, 6.07) is 10.0. The Morgan fingerprint density at radius 2 is 1.88 bits per heavy atom. The Balaban J connectivity index is 1.82. The van der Waals surface area contributed by atoms with Gasteiger partial charge in [-0.2, -0.15) is 0 Å². The number of hydrogen-bond donors (Lipinski definition) is 1. The quantitative estimate of drug-likeness (QED) is 0.649. The molecule has 0 radical (unpaired) electrons. The van der Waals surface area contributed by atoms with E-state index in [-0.39, 0.29) is 11.5 Å². The molecule has 2 rings (SSSR count). The molecule has 0 bridgehead atoms. The summed E-state index contributed by atoms with van der Waals surface area (Å²) in [6.45, 7) is 10.7. The van der Waals surface area contributed by atoms with Gasteiger partial charge < -0.3 is 14.6 Å². The molecule has 0 aliphatic carbocycles. The Morgan fingerprint density at radius 1 is 1.19 bits per heavy atom. The van der Waals surface area contributed by atoms with E-state index in [0.29, 0.717) is 13.2 Å². The number of rotatable bonds is 5. The van der Waals surface area contributed by atoms with Gasteiger partial charge in [0.05, 0.1) is 13.2 Å². The molecular formula is C23H28O3. The summed E-state index contributed by atoms with van der Waals surface area (Å²) in [5.41, 5.74) is -0.738. The molecule has 1 aliphatic heterocycles. The molecule has 26 heavy (non-hydrogen) atoms. The Labute approximate surface area is 157 Å². The normalized spacial score (nSPS) is 24.2. The Bertz CT molecular complexity index is 748. The van der Waals surface area contributed by atoms with Gasteiger partial charge in [-0.05, 0) is 52.3 Å². The van der Waals surface area contributed by atoms with E-state index in [9.17, 15) is 5.11 Å². The van der Waals surface area contributed by atoms with Crippen LogP contribution < -0.4 is 0 Å². The Morgan fingerprint density at radius 3 is 2.54 bits per heavy atom. The van der Waals surface area contributed by atoms with Gasteiger partial charge >= 0.3 is 0 Å². The molecular weight excluding hydrogens is 324 g/mol. The van der Waals surface area contributed by atoms with Crippen molar-refractivity contribution >= 4 is 0 Å². The molecule has 1 saturated heterocycles. The molecule has 1 aromatic rings. The number of hydrogen-bond acceptors (Lipinski definition) is 3. The van der Waals surface area contributed by atoms with Crippen molar-refractivity contribution in [3.05, 3.63) is 48.0 Å². The predicted octanol–water partition coefficient (Wildman–Crippen LogP) is 3.72. The molecule has 1 aromatic carbocycles. The van der Waals surface area contributed by atoms with Crippen molar-refractivity contribution in [3.63, 3.8) is 0 Å². The van der Waals surface area contributed by atoms with Crippen LogP contribution >= 0.6 is 0 Å². The lowest BCUT2D eigenvalue weighted by Crippen LogP contribution is -2.20. The van der Waals surface area contributed by atoms with Crippen molar-refractivity contribution in [3.8, 4) is 23.7 Å². The molecule has 0 saturated carbocycles. The van der Waals surface area contributed by atoms with E-state index in [4.69, 9.17) is 9.47 Å². The third-order valence-corrected chi connectivity index (χ3v) is 3.83. The van der Waals surface area contributed by atoms with Crippen LogP contribution in [0.2, 0.25) is 0 Å². The van der Waals surface area contributed by atoms with Gasteiger partial charge in [-0.1, -0.05) is 54.0 Å². The van der Waals surface area contributed by atoms with Crippen LogP contribution in [0.25, 0.3) is 0 Å². The first-order valence-electron chi connectivity index (χ1n) is 8.86. The molecule has 1 unspecified atom stereocenters. The largest absolute Gasteiger partial charge is 0.374 e. The first kappa shape index (κ1) is 20.3. The van der Waals surface area contributed by atoms with Crippen molar-refractivity contribution in [2.75, 3.05) is 6.61 Å². The Kier molecular flexibility index (Phi) is 6.32. The van der Waals surface area contributed by atoms with Gasteiger partial charge in [0.2, 0.25) is 0 Å². The second kappa shape index (κ2) is 8.11. The predicted molar refractivity (Wildman–Crippen MR) is 104 cm³/mol. The minimum Gasteiger partial charge on any atom is -0.374 e. The lowest BCUT2D eigenvalue weighted by molar-refractivity contribution is 0.104. The average Bonchev–Trinajstić information content (AvgIpc) is 3.21. The van der Waals surface area contributed by atoms with Gasteiger partial charge in [-0.25, -0.2) is 0 Å². The molecule has 138 valence electrons. The molecule has 1 N–H and O–H groups in total. The van der Waals surface area contributed by atoms with Crippen LogP contribution in [0.1, 0.15) is 40.2 Å². The first-order valence-corrected chi connectivity index (χ1v) is 8.86. The third kappa shape index (κ3) is 7.06. The maximum absolute atomic E-state index is 10.3. The third-order valence-electron chi connectivity index (χ3n) is 3.83. The summed E-state index contributed by atoms with van der Waals surface area (Å²) >= 11 is 0. The van der Waals surface area contributed by atoms with E-state index in [0.717, 1.165) is 5.56 Å². The van der Waals surface area contributed by atoms with Crippen molar-refractivity contribution in [1.29, 1.82) is 0 Å². The average molecular weight is 352 g/mol. The number of aliphatic hydroxyl groups is 1. The second-order valence-corrected chi connectivity index (χ2v) is 7.96. The smallest absolute Gasteiger partial charge is 0.154 e. The van der Waals surface area contributed by atoms with Gasteiger partial charge in [-0.15, -0.1) is 0 Å². The monoisotopic (exact) mass is 352 g/mol. The maximum Gasteiger partial charge on any atom is 0.154 e. The zero-order valence-corrected chi connectivity index (χ0v) is 16.3. The molecule has 3 nitrogen and oxygen atoms in total. The van der Waals surface area contributed by atoms with Crippen LogP contribution in [-0.2, 0) is 16.1 Å². The zero-order chi connectivity index (χ0) is 19.3. The van der Waals surface area contributed by atoms with Crippen LogP contribution in [0.3, 0.4) is 0 Å². The number of epoxide rings is 1. The fourth-order valence-corrected chi connectivity index (χ4v) is 2.18. The maximum atomic E-state index is 10.3. The highest BCUT2D eigenvalue weighted by atomic mass is 16.6. The van der Waals surface area contributed by atoms with Gasteiger partial charge in [0.15, 0.2) is 5.60 Å². The minimum absolute atomic E-state index is 0.0653. The molecule has 0 amide bonds. The molecule has 0 spiro atoms. The molecule has 1 heterocycles. The summed E-state index contributed by atoms with van der Waals surface area (Å²) in [5, 5.41) is 10.3. The van der Waals surface area contributed by atoms with E-state index in [1.165, 1.54) is 0 Å². The lowest BCUT2D eigenvalue weighted by Gasteiger charge is -2.10. The van der Waals surface area contributed by atoms with Crippen LogP contribution in [0.4, 0.5) is 0 Å². The van der Waals surface area contributed by atoms with E-state index in [1.54, 1.807) is 19.1 Å². The van der Waals surface area contributed by atoms with E-state index >= 15 is 0 Å². The van der Waals surface area contributed by atoms with Crippen LogP contribution in [-0.4, -0.2) is 29.0 Å². The number of benzene rings is 1. The van der Waals surface area contributed by atoms with Gasteiger partial charge in [0.1, 0.15) is 11.7 Å². The summed E-state index contributed by atoms with van der Waals surface area (Å²) in [4.78, 5) is 0. The minimum atomic E-state index is -1.24. The van der Waals surface area contributed by atoms with Crippen molar-refractivity contribution in [2.24, 2.45) is 5.41 Å². The molecule has 3 atom stereocenters. The van der Waals surface area contributed by atoms with Crippen LogP contribution in [0.15, 0.2) is 42.5 Å². The standard InChI is InChI=1S/C23H28O3/c1-21(2,3)13-9-10-14-22(4,24)15-16-23(5)20(26-23)18-25-17-19-11-7-6-8-12-19/h6-8,10-12,14,20,24H,17-18H2,1-5H3/b14-10+/t20-,22?,23-/m0/s1. The topological polar surface area (TPSA) is 42.0 Å². The number of ether oxygens (including phenoxy) is 2. The Hall–Kier alpha value is -2.04. The molecule has 1 fully saturated rings. The van der Waals surface area contributed by atoms with Crippen molar-refractivity contribution in [1.82, 2.24) is 0 Å². The second-order valence-electron chi connectivity index (χ2n) is 7.96. The van der Waals surface area contributed by atoms with Gasteiger partial charge in [-0.3, -0.25) is 0 Å². The first-order chi connectivity index (χ1) is 12.1. The van der Waals surface area contributed by atoms with Gasteiger partial charge in [0.25, 0.3) is 0 Å². The summed E-state index contributed by atoms with van der Waals surface area (Å²) in [7, 11) is 0. The summed E-state index contributed by atoms with van der Waals surface area (Å²) in [6.07, 6.45) is 3.18.